The van der Waals surface area contributed by atoms with Gasteiger partial charge in [0, 0.05) is 0 Å². The minimum atomic E-state index is -0.643. The van der Waals surface area contributed by atoms with Crippen LogP contribution < -0.4 is 22.4 Å². The number of carbonyl (C=O) groups is 1. The van der Waals surface area contributed by atoms with Gasteiger partial charge in [-0.3, -0.25) is 4.79 Å². The number of benzene rings is 2. The summed E-state index contributed by atoms with van der Waals surface area (Å²) < 4.78 is 5.72. The molecule has 2 aromatic rings. The van der Waals surface area contributed by atoms with Crippen LogP contribution in [0.4, 0.5) is 0 Å². The second-order valence-corrected chi connectivity index (χ2v) is 5.68. The lowest BCUT2D eigenvalue weighted by Crippen LogP contribution is -2.49. The van der Waals surface area contributed by atoms with E-state index in [1.54, 1.807) is 0 Å². The van der Waals surface area contributed by atoms with Crippen molar-refractivity contribution < 1.29 is 9.45 Å². The van der Waals surface area contributed by atoms with Crippen molar-refractivity contribution in [2.45, 2.75) is 33.2 Å². The van der Waals surface area contributed by atoms with Crippen LogP contribution in [0.5, 0.6) is 0 Å². The lowest BCUT2D eigenvalue weighted by Gasteiger charge is -2.18. The van der Waals surface area contributed by atoms with E-state index in [1.807, 2.05) is 61.5 Å². The summed E-state index contributed by atoms with van der Waals surface area (Å²) in [4.78, 5) is 12.3. The third kappa shape index (κ3) is 5.51. The molecule has 1 atom stereocenters. The van der Waals surface area contributed by atoms with Gasteiger partial charge in [0.25, 0.3) is 0 Å². The van der Waals surface area contributed by atoms with Crippen LogP contribution in [0.3, 0.4) is 0 Å². The first-order valence-electron chi connectivity index (χ1n) is 7.89. The van der Waals surface area contributed by atoms with Gasteiger partial charge in [0.05, 0.1) is 0 Å². The molecule has 0 bridgehead atoms. The summed E-state index contributed by atoms with van der Waals surface area (Å²) >= 11 is 0. The highest BCUT2D eigenvalue weighted by Crippen LogP contribution is 2.02. The van der Waals surface area contributed by atoms with Gasteiger partial charge in [-0.25, -0.2) is 0 Å². The fraction of sp³-hybridized carbons (Fsp3) is 0.316. The van der Waals surface area contributed by atoms with Crippen molar-refractivity contribution >= 4 is 23.8 Å². The van der Waals surface area contributed by atoms with E-state index in [9.17, 15) is 4.79 Å². The van der Waals surface area contributed by atoms with E-state index in [0.29, 0.717) is 19.4 Å². The van der Waals surface area contributed by atoms with Gasteiger partial charge < -0.3 is 16.1 Å². The molecule has 0 radical (unpaired) electrons. The zero-order valence-corrected chi connectivity index (χ0v) is 13.4. The maximum atomic E-state index is 12.3. The van der Waals surface area contributed by atoms with Crippen LogP contribution >= 0.6 is 0 Å². The first-order chi connectivity index (χ1) is 11.1. The van der Waals surface area contributed by atoms with Crippen LogP contribution in [0, 0.1) is 6.92 Å². The Bertz CT molecular complexity index is 617. The van der Waals surface area contributed by atoms with Crippen LogP contribution in [-0.4, -0.2) is 25.5 Å². The molecule has 5 heteroatoms. The molecule has 2 aromatic carbocycles. The van der Waals surface area contributed by atoms with Crippen molar-refractivity contribution in [3.63, 3.8) is 0 Å². The van der Waals surface area contributed by atoms with Crippen LogP contribution in [-0.2, 0) is 9.45 Å². The third-order valence-electron chi connectivity index (χ3n) is 3.74. The average molecular weight is 326 g/mol. The van der Waals surface area contributed by atoms with Gasteiger partial charge >= 0.3 is 12.9 Å². The standard InChI is InChI=1S/C18H23BN2O2.CH4/c1-14-9-11-16(12-10-14)19(15-6-3-2-4-7-15)23-18(22)17(21)8-5-13-20;/h2-4,6-7,9-12,17H,5,8,13,20-21H2,1H3;1H4. The molecule has 4 nitrogen and oxygen atoms in total. The molecule has 2 rings (SSSR count). The molecule has 24 heavy (non-hydrogen) atoms. The predicted molar refractivity (Wildman–Crippen MR) is 102 cm³/mol. The molecule has 4 N–H and O–H groups in total. The number of aryl methyl sites for hydroxylation is 1. The van der Waals surface area contributed by atoms with Gasteiger partial charge in [0.15, 0.2) is 0 Å². The van der Waals surface area contributed by atoms with E-state index in [1.165, 1.54) is 0 Å². The fourth-order valence-electron chi connectivity index (χ4n) is 2.36. The Morgan fingerprint density at radius 3 is 2.25 bits per heavy atom. The zero-order chi connectivity index (χ0) is 16.7. The molecule has 0 aromatic heterocycles. The highest BCUT2D eigenvalue weighted by molar-refractivity contribution is 6.81. The van der Waals surface area contributed by atoms with E-state index in [4.69, 9.17) is 16.1 Å². The van der Waals surface area contributed by atoms with Crippen molar-refractivity contribution in [2.75, 3.05) is 6.54 Å². The van der Waals surface area contributed by atoms with Crippen LogP contribution in [0.15, 0.2) is 54.6 Å². The summed E-state index contributed by atoms with van der Waals surface area (Å²) in [5.41, 5.74) is 14.4. The topological polar surface area (TPSA) is 78.3 Å². The predicted octanol–water partition coefficient (Wildman–Crippen LogP) is 1.35. The molecular weight excluding hydrogens is 299 g/mol. The van der Waals surface area contributed by atoms with E-state index in [0.717, 1.165) is 16.5 Å². The van der Waals surface area contributed by atoms with E-state index in [-0.39, 0.29) is 7.43 Å². The molecule has 0 saturated carbocycles. The maximum absolute atomic E-state index is 12.3. The van der Waals surface area contributed by atoms with Crippen LogP contribution in [0.25, 0.3) is 0 Å². The van der Waals surface area contributed by atoms with E-state index < -0.39 is 18.9 Å². The van der Waals surface area contributed by atoms with Gasteiger partial charge in [0.1, 0.15) is 6.04 Å². The van der Waals surface area contributed by atoms with Gasteiger partial charge in [-0.2, -0.15) is 0 Å². The van der Waals surface area contributed by atoms with E-state index >= 15 is 0 Å². The van der Waals surface area contributed by atoms with Gasteiger partial charge in [-0.1, -0.05) is 67.6 Å². The van der Waals surface area contributed by atoms with Crippen molar-refractivity contribution in [2.24, 2.45) is 11.5 Å². The molecule has 0 spiro atoms. The Balaban J connectivity index is 0.00000288. The number of hydrogen-bond donors (Lipinski definition) is 2. The normalized spacial score (nSPS) is 11.3. The molecular formula is C19H27BN2O2. The second-order valence-electron chi connectivity index (χ2n) is 5.68. The number of rotatable bonds is 7. The molecule has 0 amide bonds. The summed E-state index contributed by atoms with van der Waals surface area (Å²) in [5, 5.41) is 0. The van der Waals surface area contributed by atoms with Crippen molar-refractivity contribution in [3.05, 3.63) is 60.2 Å². The Labute approximate surface area is 145 Å². The second kappa shape index (κ2) is 9.91. The molecule has 1 unspecified atom stereocenters. The molecule has 0 heterocycles. The fourth-order valence-corrected chi connectivity index (χ4v) is 2.36. The summed E-state index contributed by atoms with van der Waals surface area (Å²) in [7, 11) is 0. The first-order valence-corrected chi connectivity index (χ1v) is 7.89. The van der Waals surface area contributed by atoms with Gasteiger partial charge in [0.2, 0.25) is 0 Å². The lowest BCUT2D eigenvalue weighted by molar-refractivity contribution is -0.136. The van der Waals surface area contributed by atoms with Crippen LogP contribution in [0.2, 0.25) is 0 Å². The van der Waals surface area contributed by atoms with Crippen LogP contribution in [0.1, 0.15) is 25.8 Å². The summed E-state index contributed by atoms with van der Waals surface area (Å²) in [6.45, 7) is 2.09. The Kier molecular flexibility index (Phi) is 8.23. The molecule has 0 aliphatic rings. The summed E-state index contributed by atoms with van der Waals surface area (Å²) in [6, 6.07) is 17.0. The lowest BCUT2D eigenvalue weighted by atomic mass is 9.55. The molecule has 0 fully saturated rings. The highest BCUT2D eigenvalue weighted by Gasteiger charge is 2.27. The highest BCUT2D eigenvalue weighted by atomic mass is 16.5. The largest absolute Gasteiger partial charge is 0.525 e. The first kappa shape index (κ1) is 19.9. The minimum Gasteiger partial charge on any atom is -0.525 e. The smallest absolute Gasteiger partial charge is 0.429 e. The zero-order valence-electron chi connectivity index (χ0n) is 13.4. The Morgan fingerprint density at radius 1 is 1.08 bits per heavy atom. The van der Waals surface area contributed by atoms with E-state index in [2.05, 4.69) is 0 Å². The molecule has 128 valence electrons. The quantitative estimate of drug-likeness (QED) is 0.753. The summed E-state index contributed by atoms with van der Waals surface area (Å²) in [6.07, 6.45) is 1.24. The Hall–Kier alpha value is -2.11. The average Bonchev–Trinajstić information content (AvgIpc) is 2.59. The monoisotopic (exact) mass is 326 g/mol. The third-order valence-corrected chi connectivity index (χ3v) is 3.74. The van der Waals surface area contributed by atoms with Gasteiger partial charge in [-0.05, 0) is 37.2 Å². The molecule has 0 aliphatic heterocycles. The van der Waals surface area contributed by atoms with Crippen molar-refractivity contribution in [1.29, 1.82) is 0 Å². The summed E-state index contributed by atoms with van der Waals surface area (Å²) in [5.74, 6) is -0.395. The number of hydrogen-bond acceptors (Lipinski definition) is 4. The van der Waals surface area contributed by atoms with Gasteiger partial charge in [-0.15, -0.1) is 0 Å². The van der Waals surface area contributed by atoms with Crippen molar-refractivity contribution in [1.82, 2.24) is 0 Å². The minimum absolute atomic E-state index is 0. The molecule has 0 saturated heterocycles. The Morgan fingerprint density at radius 2 is 1.67 bits per heavy atom. The molecule has 0 aliphatic carbocycles. The number of carbonyl (C=O) groups excluding carboxylic acids is 1. The van der Waals surface area contributed by atoms with Crippen molar-refractivity contribution in [3.8, 4) is 0 Å². The number of nitrogens with two attached hydrogens (primary N) is 2. The maximum Gasteiger partial charge on any atom is 0.429 e. The SMILES string of the molecule is C.Cc1ccc(B(OC(=O)C(N)CCCN)c2ccccc2)cc1.